The quantitative estimate of drug-likeness (QED) is 0.835. The molecule has 7 heteroatoms. The molecule has 2 N–H and O–H groups in total. The number of aromatic nitrogens is 2. The van der Waals surface area contributed by atoms with Gasteiger partial charge >= 0.3 is 0 Å². The maximum Gasteiger partial charge on any atom is 0.278 e. The summed E-state index contributed by atoms with van der Waals surface area (Å²) in [7, 11) is 0. The van der Waals surface area contributed by atoms with Gasteiger partial charge in [0.2, 0.25) is 0 Å². The first kappa shape index (κ1) is 16.0. The lowest BCUT2D eigenvalue weighted by Gasteiger charge is -2.33. The Morgan fingerprint density at radius 2 is 2.17 bits per heavy atom. The number of anilines is 1. The SMILES string of the molecule is CCn1cc(CNC(=O)[C@]2(C)Oc3ccccc3NC2=O)c(C)n1. The minimum atomic E-state index is -1.61. The van der Waals surface area contributed by atoms with E-state index in [-0.39, 0.29) is 0 Å². The first-order valence-electron chi connectivity index (χ1n) is 7.84. The normalized spacial score (nSPS) is 19.2. The van der Waals surface area contributed by atoms with Crippen molar-refractivity contribution in [2.45, 2.75) is 39.5 Å². The molecule has 1 atom stereocenters. The number of nitrogens with zero attached hydrogens (tertiary/aromatic N) is 2. The molecule has 2 aromatic rings. The molecule has 0 spiro atoms. The van der Waals surface area contributed by atoms with Crippen LogP contribution in [0.2, 0.25) is 0 Å². The van der Waals surface area contributed by atoms with Crippen molar-refractivity contribution in [3.8, 4) is 5.75 Å². The van der Waals surface area contributed by atoms with Crippen LogP contribution in [0.1, 0.15) is 25.1 Å². The van der Waals surface area contributed by atoms with Crippen LogP contribution in [0.5, 0.6) is 5.75 Å². The van der Waals surface area contributed by atoms with E-state index in [1.54, 1.807) is 28.9 Å². The van der Waals surface area contributed by atoms with Gasteiger partial charge in [0.15, 0.2) is 0 Å². The number of ether oxygens (including phenoxy) is 1. The van der Waals surface area contributed by atoms with Crippen LogP contribution >= 0.6 is 0 Å². The van der Waals surface area contributed by atoms with Gasteiger partial charge in [0, 0.05) is 24.8 Å². The molecule has 126 valence electrons. The third kappa shape index (κ3) is 2.73. The van der Waals surface area contributed by atoms with Gasteiger partial charge < -0.3 is 15.4 Å². The summed E-state index contributed by atoms with van der Waals surface area (Å²) in [5.74, 6) is -0.498. The van der Waals surface area contributed by atoms with E-state index < -0.39 is 17.4 Å². The van der Waals surface area contributed by atoms with Crippen LogP contribution < -0.4 is 15.4 Å². The smallest absolute Gasteiger partial charge is 0.278 e. The van der Waals surface area contributed by atoms with E-state index in [1.807, 2.05) is 20.0 Å². The third-order valence-electron chi connectivity index (χ3n) is 4.13. The number of carbonyl (C=O) groups is 2. The number of fused-ring (bicyclic) bond motifs is 1. The minimum Gasteiger partial charge on any atom is -0.466 e. The Balaban J connectivity index is 1.74. The molecular formula is C17H20N4O3. The molecule has 0 aliphatic carbocycles. The van der Waals surface area contributed by atoms with Crippen molar-refractivity contribution in [2.75, 3.05) is 5.32 Å². The highest BCUT2D eigenvalue weighted by atomic mass is 16.5. The number of benzene rings is 1. The highest BCUT2D eigenvalue weighted by Crippen LogP contribution is 2.33. The Hall–Kier alpha value is -2.83. The Kier molecular flexibility index (Phi) is 4.01. The lowest BCUT2D eigenvalue weighted by atomic mass is 10.0. The Bertz CT molecular complexity index is 799. The number of nitrogens with one attached hydrogen (secondary N) is 2. The number of hydrogen-bond donors (Lipinski definition) is 2. The highest BCUT2D eigenvalue weighted by molar-refractivity contribution is 6.15. The van der Waals surface area contributed by atoms with Gasteiger partial charge in [-0.3, -0.25) is 14.3 Å². The number of amides is 2. The summed E-state index contributed by atoms with van der Waals surface area (Å²) >= 11 is 0. The van der Waals surface area contributed by atoms with Gasteiger partial charge in [0.05, 0.1) is 11.4 Å². The van der Waals surface area contributed by atoms with Crippen LogP contribution in [-0.2, 0) is 22.7 Å². The molecule has 2 heterocycles. The standard InChI is InChI=1S/C17H20N4O3/c1-4-21-10-12(11(2)20-21)9-18-15(22)17(3)16(23)19-13-7-5-6-8-14(13)24-17/h5-8,10H,4,9H2,1-3H3,(H,18,22)(H,19,23)/t17-/m0/s1. The molecule has 0 fully saturated rings. The molecule has 0 saturated heterocycles. The molecule has 0 radical (unpaired) electrons. The van der Waals surface area contributed by atoms with Gasteiger partial charge in [-0.05, 0) is 32.9 Å². The average Bonchev–Trinajstić information content (AvgIpc) is 2.93. The molecule has 1 aliphatic rings. The molecule has 0 unspecified atom stereocenters. The van der Waals surface area contributed by atoms with Crippen molar-refractivity contribution in [1.82, 2.24) is 15.1 Å². The van der Waals surface area contributed by atoms with Gasteiger partial charge in [0.25, 0.3) is 17.4 Å². The molecule has 1 aromatic heterocycles. The summed E-state index contributed by atoms with van der Waals surface area (Å²) in [5.41, 5.74) is 0.711. The Labute approximate surface area is 140 Å². The highest BCUT2D eigenvalue weighted by Gasteiger charge is 2.47. The number of para-hydroxylation sites is 2. The third-order valence-corrected chi connectivity index (χ3v) is 4.13. The van der Waals surface area contributed by atoms with E-state index in [9.17, 15) is 9.59 Å². The minimum absolute atomic E-state index is 0.290. The maximum atomic E-state index is 12.6. The largest absolute Gasteiger partial charge is 0.466 e. The van der Waals surface area contributed by atoms with Crippen molar-refractivity contribution in [3.63, 3.8) is 0 Å². The van der Waals surface area contributed by atoms with Crippen LogP contribution in [-0.4, -0.2) is 27.2 Å². The van der Waals surface area contributed by atoms with E-state index in [0.29, 0.717) is 18.0 Å². The monoisotopic (exact) mass is 328 g/mol. The second-order valence-electron chi connectivity index (χ2n) is 5.86. The average molecular weight is 328 g/mol. The summed E-state index contributed by atoms with van der Waals surface area (Å²) in [4.78, 5) is 24.9. The summed E-state index contributed by atoms with van der Waals surface area (Å²) in [6.07, 6.45) is 1.88. The number of hydrogen-bond acceptors (Lipinski definition) is 4. The molecule has 7 nitrogen and oxygen atoms in total. The first-order chi connectivity index (χ1) is 11.4. The summed E-state index contributed by atoms with van der Waals surface area (Å²) in [6, 6.07) is 7.03. The van der Waals surface area contributed by atoms with E-state index in [1.165, 1.54) is 6.92 Å². The predicted molar refractivity (Wildman–Crippen MR) is 88.6 cm³/mol. The first-order valence-corrected chi connectivity index (χ1v) is 7.84. The maximum absolute atomic E-state index is 12.6. The van der Waals surface area contributed by atoms with E-state index in [2.05, 4.69) is 15.7 Å². The number of rotatable bonds is 4. The summed E-state index contributed by atoms with van der Waals surface area (Å²) < 4.78 is 7.50. The predicted octanol–water partition coefficient (Wildman–Crippen LogP) is 1.62. The van der Waals surface area contributed by atoms with Crippen molar-refractivity contribution >= 4 is 17.5 Å². The molecular weight excluding hydrogens is 308 g/mol. The van der Waals surface area contributed by atoms with E-state index in [4.69, 9.17) is 4.74 Å². The van der Waals surface area contributed by atoms with Gasteiger partial charge in [-0.2, -0.15) is 5.10 Å². The molecule has 3 rings (SSSR count). The molecule has 0 saturated carbocycles. The van der Waals surface area contributed by atoms with Gasteiger partial charge in [-0.25, -0.2) is 0 Å². The zero-order valence-corrected chi connectivity index (χ0v) is 13.9. The second-order valence-corrected chi connectivity index (χ2v) is 5.86. The van der Waals surface area contributed by atoms with Gasteiger partial charge in [0.1, 0.15) is 5.75 Å². The molecule has 1 aliphatic heterocycles. The number of aryl methyl sites for hydroxylation is 2. The number of carbonyl (C=O) groups excluding carboxylic acids is 2. The molecule has 0 bridgehead atoms. The van der Waals surface area contributed by atoms with E-state index >= 15 is 0 Å². The fraction of sp³-hybridized carbons (Fsp3) is 0.353. The van der Waals surface area contributed by atoms with E-state index in [0.717, 1.165) is 17.8 Å². The zero-order valence-electron chi connectivity index (χ0n) is 13.9. The van der Waals surface area contributed by atoms with Crippen LogP contribution in [0, 0.1) is 6.92 Å². The molecule has 24 heavy (non-hydrogen) atoms. The van der Waals surface area contributed by atoms with Crippen LogP contribution in [0.4, 0.5) is 5.69 Å². The zero-order chi connectivity index (χ0) is 17.3. The van der Waals surface area contributed by atoms with Gasteiger partial charge in [-0.1, -0.05) is 12.1 Å². The molecule has 2 amide bonds. The lowest BCUT2D eigenvalue weighted by Crippen LogP contribution is -2.58. The van der Waals surface area contributed by atoms with Crippen molar-refractivity contribution < 1.29 is 14.3 Å². The Morgan fingerprint density at radius 3 is 2.88 bits per heavy atom. The van der Waals surface area contributed by atoms with Crippen molar-refractivity contribution in [1.29, 1.82) is 0 Å². The topological polar surface area (TPSA) is 85.3 Å². The summed E-state index contributed by atoms with van der Waals surface area (Å²) in [6.45, 7) is 6.40. The van der Waals surface area contributed by atoms with Crippen LogP contribution in [0.25, 0.3) is 0 Å². The molecule has 1 aromatic carbocycles. The van der Waals surface area contributed by atoms with Gasteiger partial charge in [-0.15, -0.1) is 0 Å². The van der Waals surface area contributed by atoms with Crippen LogP contribution in [0.15, 0.2) is 30.5 Å². The fourth-order valence-corrected chi connectivity index (χ4v) is 2.56. The second kappa shape index (κ2) is 5.99. The van der Waals surface area contributed by atoms with Crippen molar-refractivity contribution in [2.24, 2.45) is 0 Å². The summed E-state index contributed by atoms with van der Waals surface area (Å²) in [5, 5.41) is 9.82. The van der Waals surface area contributed by atoms with Crippen LogP contribution in [0.3, 0.4) is 0 Å². The van der Waals surface area contributed by atoms with Crippen molar-refractivity contribution in [3.05, 3.63) is 41.7 Å². The Morgan fingerprint density at radius 1 is 1.42 bits per heavy atom. The fourth-order valence-electron chi connectivity index (χ4n) is 2.56. The lowest BCUT2D eigenvalue weighted by molar-refractivity contribution is -0.146.